The van der Waals surface area contributed by atoms with Gasteiger partial charge in [0.1, 0.15) is 11.9 Å². The fourth-order valence-corrected chi connectivity index (χ4v) is 4.35. The lowest BCUT2D eigenvalue weighted by Crippen LogP contribution is -2.52. The number of rotatable bonds is 3. The van der Waals surface area contributed by atoms with E-state index < -0.39 is 17.2 Å². The van der Waals surface area contributed by atoms with E-state index in [1.165, 1.54) is 28.6 Å². The average molecular weight is 353 g/mol. The number of anilines is 1. The standard InChI is InChI=1S/C15H16FN3O2S2/c1-19-13(15(20)17-11-6-4-10(16)5-7-11)9-12(18-23(19)21)14-3-2-8-22-14/h2-8,12-13,18H,9H2,1H3,(H,17,20). The number of nitrogens with zero attached hydrogens (tertiary/aromatic N) is 1. The van der Waals surface area contributed by atoms with E-state index in [0.717, 1.165) is 4.88 Å². The molecule has 5 nitrogen and oxygen atoms in total. The van der Waals surface area contributed by atoms with Crippen LogP contribution >= 0.6 is 11.3 Å². The molecule has 1 aliphatic rings. The highest BCUT2D eigenvalue weighted by molar-refractivity contribution is 7.80. The lowest BCUT2D eigenvalue weighted by molar-refractivity contribution is -0.120. The highest BCUT2D eigenvalue weighted by atomic mass is 32.2. The monoisotopic (exact) mass is 353 g/mol. The third-order valence-electron chi connectivity index (χ3n) is 3.70. The highest BCUT2D eigenvalue weighted by Crippen LogP contribution is 2.29. The Balaban J connectivity index is 1.74. The third-order valence-corrected chi connectivity index (χ3v) is 5.95. The molecule has 2 aromatic rings. The number of hydrogen-bond acceptors (Lipinski definition) is 3. The van der Waals surface area contributed by atoms with E-state index in [1.54, 1.807) is 18.4 Å². The molecular formula is C15H16FN3O2S2. The van der Waals surface area contributed by atoms with Crippen LogP contribution in [0.25, 0.3) is 0 Å². The largest absolute Gasteiger partial charge is 0.325 e. The van der Waals surface area contributed by atoms with Crippen LogP contribution in [0.5, 0.6) is 0 Å². The lowest BCUT2D eigenvalue weighted by Gasteiger charge is -2.35. The second-order valence-corrected chi connectivity index (χ2v) is 7.52. The molecule has 122 valence electrons. The fourth-order valence-electron chi connectivity index (χ4n) is 2.43. The first-order chi connectivity index (χ1) is 11.0. The summed E-state index contributed by atoms with van der Waals surface area (Å²) in [5.41, 5.74) is 0.516. The minimum absolute atomic E-state index is 0.129. The highest BCUT2D eigenvalue weighted by Gasteiger charge is 2.36. The van der Waals surface area contributed by atoms with Crippen molar-refractivity contribution in [2.24, 2.45) is 0 Å². The summed E-state index contributed by atoms with van der Waals surface area (Å²) in [5.74, 6) is -0.614. The summed E-state index contributed by atoms with van der Waals surface area (Å²) in [6.45, 7) is 0. The molecule has 3 unspecified atom stereocenters. The van der Waals surface area contributed by atoms with Gasteiger partial charge in [-0.2, -0.15) is 0 Å². The number of carbonyl (C=O) groups excluding carboxylic acids is 1. The maximum Gasteiger partial charge on any atom is 0.242 e. The molecule has 23 heavy (non-hydrogen) atoms. The molecule has 0 radical (unpaired) electrons. The molecular weight excluding hydrogens is 337 g/mol. The van der Waals surface area contributed by atoms with Gasteiger partial charge in [-0.25, -0.2) is 17.6 Å². The lowest BCUT2D eigenvalue weighted by atomic mass is 10.1. The maximum absolute atomic E-state index is 12.9. The molecule has 1 aromatic carbocycles. The topological polar surface area (TPSA) is 61.4 Å². The van der Waals surface area contributed by atoms with Gasteiger partial charge in [-0.05, 0) is 42.1 Å². The predicted molar refractivity (Wildman–Crippen MR) is 89.5 cm³/mol. The summed E-state index contributed by atoms with van der Waals surface area (Å²) >= 11 is 0.120. The molecule has 1 saturated heterocycles. The van der Waals surface area contributed by atoms with Crippen LogP contribution in [0.15, 0.2) is 41.8 Å². The van der Waals surface area contributed by atoms with Crippen LogP contribution in [0.1, 0.15) is 17.3 Å². The number of nitrogens with one attached hydrogen (secondary N) is 2. The molecule has 0 spiro atoms. The molecule has 8 heteroatoms. The van der Waals surface area contributed by atoms with Crippen LogP contribution in [-0.2, 0) is 16.0 Å². The van der Waals surface area contributed by atoms with Crippen molar-refractivity contribution in [1.82, 2.24) is 9.03 Å². The fraction of sp³-hybridized carbons (Fsp3) is 0.267. The molecule has 1 aliphatic heterocycles. The van der Waals surface area contributed by atoms with E-state index in [4.69, 9.17) is 0 Å². The summed E-state index contributed by atoms with van der Waals surface area (Å²) in [7, 11) is 1.64. The van der Waals surface area contributed by atoms with Gasteiger partial charge in [-0.1, -0.05) is 6.07 Å². The molecule has 1 amide bonds. The van der Waals surface area contributed by atoms with Crippen LogP contribution in [0.2, 0.25) is 0 Å². The van der Waals surface area contributed by atoms with Gasteiger partial charge in [0.05, 0.1) is 6.04 Å². The smallest absolute Gasteiger partial charge is 0.242 e. The van der Waals surface area contributed by atoms with Gasteiger partial charge in [-0.3, -0.25) is 4.79 Å². The molecule has 2 heterocycles. The first-order valence-electron chi connectivity index (χ1n) is 7.05. The van der Waals surface area contributed by atoms with E-state index in [0.29, 0.717) is 12.1 Å². The molecule has 2 N–H and O–H groups in total. The summed E-state index contributed by atoms with van der Waals surface area (Å²) in [6, 6.07) is 8.80. The van der Waals surface area contributed by atoms with Crippen molar-refractivity contribution in [2.75, 3.05) is 12.4 Å². The van der Waals surface area contributed by atoms with E-state index in [-0.39, 0.29) is 17.8 Å². The number of likely N-dealkylation sites (N-methyl/N-ethyl adjacent to an activating group) is 1. The Morgan fingerprint density at radius 3 is 2.78 bits per heavy atom. The molecule has 1 fully saturated rings. The Morgan fingerprint density at radius 2 is 2.13 bits per heavy atom. The number of thiophene rings is 1. The molecule has 1 aromatic heterocycles. The summed E-state index contributed by atoms with van der Waals surface area (Å²) in [6.07, 6.45) is 0.510. The minimum atomic E-state index is -1.44. The number of amides is 1. The number of halogens is 1. The Kier molecular flexibility index (Phi) is 4.86. The van der Waals surface area contributed by atoms with E-state index in [1.807, 2.05) is 17.5 Å². The van der Waals surface area contributed by atoms with Gasteiger partial charge in [0.15, 0.2) is 11.2 Å². The second-order valence-electron chi connectivity index (χ2n) is 5.23. The van der Waals surface area contributed by atoms with Crippen LogP contribution in [0.4, 0.5) is 10.1 Å². The van der Waals surface area contributed by atoms with Crippen LogP contribution in [-0.4, -0.2) is 27.5 Å². The van der Waals surface area contributed by atoms with Crippen molar-refractivity contribution in [3.8, 4) is 0 Å². The normalized spacial score (nSPS) is 25.2. The zero-order chi connectivity index (χ0) is 16.4. The van der Waals surface area contributed by atoms with E-state index in [2.05, 4.69) is 10.0 Å². The van der Waals surface area contributed by atoms with Gasteiger partial charge in [0, 0.05) is 17.6 Å². The minimum Gasteiger partial charge on any atom is -0.325 e. The van der Waals surface area contributed by atoms with Crippen molar-refractivity contribution in [3.63, 3.8) is 0 Å². The van der Waals surface area contributed by atoms with Crippen LogP contribution in [0.3, 0.4) is 0 Å². The molecule has 0 bridgehead atoms. The molecule has 3 rings (SSSR count). The predicted octanol–water partition coefficient (Wildman–Crippen LogP) is 2.44. The SMILES string of the molecule is CN1C(C(=O)Nc2ccc(F)cc2)CC(c2cccs2)NS1=O. The second kappa shape index (κ2) is 6.88. The van der Waals surface area contributed by atoms with Gasteiger partial charge >= 0.3 is 0 Å². The van der Waals surface area contributed by atoms with E-state index >= 15 is 0 Å². The average Bonchev–Trinajstić information content (AvgIpc) is 3.06. The van der Waals surface area contributed by atoms with Crippen molar-refractivity contribution in [1.29, 1.82) is 0 Å². The van der Waals surface area contributed by atoms with Crippen molar-refractivity contribution in [2.45, 2.75) is 18.5 Å². The number of hydrogen-bond donors (Lipinski definition) is 2. The Labute approximate surface area is 140 Å². The Hall–Kier alpha value is -1.61. The van der Waals surface area contributed by atoms with Gasteiger partial charge < -0.3 is 5.32 Å². The van der Waals surface area contributed by atoms with Crippen molar-refractivity contribution in [3.05, 3.63) is 52.5 Å². The van der Waals surface area contributed by atoms with Gasteiger partial charge in [0.25, 0.3) is 0 Å². The van der Waals surface area contributed by atoms with Crippen molar-refractivity contribution < 1.29 is 13.4 Å². The Morgan fingerprint density at radius 1 is 1.39 bits per heavy atom. The van der Waals surface area contributed by atoms with Crippen LogP contribution < -0.4 is 10.0 Å². The first-order valence-corrected chi connectivity index (χ1v) is 9.04. The number of benzene rings is 1. The number of carbonyl (C=O) groups is 1. The third kappa shape index (κ3) is 3.66. The van der Waals surface area contributed by atoms with Crippen molar-refractivity contribution >= 4 is 34.1 Å². The van der Waals surface area contributed by atoms with Gasteiger partial charge in [-0.15, -0.1) is 11.3 Å². The molecule has 0 saturated carbocycles. The summed E-state index contributed by atoms with van der Waals surface area (Å²) in [5, 5.41) is 4.70. The maximum atomic E-state index is 12.9. The molecule has 3 atom stereocenters. The zero-order valence-electron chi connectivity index (χ0n) is 12.4. The summed E-state index contributed by atoms with van der Waals surface area (Å²) in [4.78, 5) is 13.6. The molecule has 0 aliphatic carbocycles. The summed E-state index contributed by atoms with van der Waals surface area (Å²) < 4.78 is 29.7. The van der Waals surface area contributed by atoms with Crippen LogP contribution in [0, 0.1) is 5.82 Å². The van der Waals surface area contributed by atoms with Gasteiger partial charge in [0.2, 0.25) is 5.91 Å². The first kappa shape index (κ1) is 16.3. The quantitative estimate of drug-likeness (QED) is 0.890. The van der Waals surface area contributed by atoms with E-state index in [9.17, 15) is 13.4 Å². The Bertz CT molecular complexity index is 706. The zero-order valence-corrected chi connectivity index (χ0v) is 14.0.